The van der Waals surface area contributed by atoms with Gasteiger partial charge in [-0.1, -0.05) is 116 Å². The molecule has 1 N–H and O–H groups in total. The summed E-state index contributed by atoms with van der Waals surface area (Å²) in [6.07, 6.45) is 15.1. The molecule has 0 spiro atoms. The van der Waals surface area contributed by atoms with Gasteiger partial charge < -0.3 is 14.3 Å². The second kappa shape index (κ2) is 16.1. The number of aliphatic hydroxyl groups excluding tert-OH is 1. The Morgan fingerprint density at radius 3 is 2.17 bits per heavy atom. The molecule has 6 rings (SSSR count). The molecule has 1 aliphatic heterocycles. The van der Waals surface area contributed by atoms with Crippen LogP contribution in [0.25, 0.3) is 38.9 Å². The summed E-state index contributed by atoms with van der Waals surface area (Å²) < 4.78 is 12.4. The molecule has 0 saturated carbocycles. The number of aromatic nitrogens is 1. The number of rotatable bonds is 9. The van der Waals surface area contributed by atoms with Crippen LogP contribution in [0, 0.1) is 29.7 Å². The number of carbonyl (C=O) groups excluding carboxylic acids is 1. The molecule has 5 nitrogen and oxygen atoms in total. The molecular weight excluding hydrogens is 823 g/mol. The van der Waals surface area contributed by atoms with E-state index in [0.29, 0.717) is 5.71 Å². The van der Waals surface area contributed by atoms with Crippen LogP contribution >= 0.6 is 0 Å². The van der Waals surface area contributed by atoms with E-state index in [1.807, 2.05) is 41.5 Å². The van der Waals surface area contributed by atoms with Gasteiger partial charge in [0.1, 0.15) is 17.6 Å². The van der Waals surface area contributed by atoms with Gasteiger partial charge >= 0.3 is 0 Å². The van der Waals surface area contributed by atoms with Gasteiger partial charge in [0.15, 0.2) is 5.78 Å². The number of ketones is 1. The van der Waals surface area contributed by atoms with Gasteiger partial charge in [0.25, 0.3) is 0 Å². The smallest absolute Gasteiger partial charge is 0.219 e. The van der Waals surface area contributed by atoms with Gasteiger partial charge in [-0.2, -0.15) is 0 Å². The van der Waals surface area contributed by atoms with Crippen molar-refractivity contribution < 1.29 is 39.2 Å². The minimum absolute atomic E-state index is 0. The molecule has 1 aliphatic carbocycles. The zero-order chi connectivity index (χ0) is 37.3. The van der Waals surface area contributed by atoms with E-state index in [1.165, 1.54) is 22.6 Å². The number of furan rings is 1. The second-order valence-electron chi connectivity index (χ2n) is 15.9. The number of allylic oxidation sites excluding steroid dienone is 4. The number of ether oxygens (including phenoxy) is 1. The van der Waals surface area contributed by atoms with Crippen molar-refractivity contribution in [1.82, 2.24) is 4.98 Å². The van der Waals surface area contributed by atoms with Crippen LogP contribution in [0.3, 0.4) is 0 Å². The number of aryl methyl sites for hydroxylation is 1. The fraction of sp³-hybridized carbons (Fsp3) is 0.435. The van der Waals surface area contributed by atoms with Crippen molar-refractivity contribution in [1.29, 1.82) is 0 Å². The van der Waals surface area contributed by atoms with Crippen LogP contribution in [0.15, 0.2) is 88.8 Å². The number of hydrogen-bond donors (Lipinski definition) is 1. The molecule has 3 heterocycles. The fourth-order valence-electron chi connectivity index (χ4n) is 6.93. The average Bonchev–Trinajstić information content (AvgIpc) is 3.68. The molecule has 279 valence electrons. The van der Waals surface area contributed by atoms with Crippen molar-refractivity contribution in [3.8, 4) is 11.3 Å². The van der Waals surface area contributed by atoms with Crippen LogP contribution in [-0.4, -0.2) is 22.0 Å². The molecule has 1 radical (unpaired) electrons. The van der Waals surface area contributed by atoms with Gasteiger partial charge in [-0.25, -0.2) is 0 Å². The Morgan fingerprint density at radius 2 is 1.56 bits per heavy atom. The van der Waals surface area contributed by atoms with Crippen molar-refractivity contribution in [3.05, 3.63) is 107 Å². The molecule has 6 heteroatoms. The Bertz CT molecular complexity index is 2050. The Balaban J connectivity index is 0.000000289. The number of nitrogens with zero attached hydrogens (tertiary/aromatic N) is 1. The number of hydrogen-bond acceptors (Lipinski definition) is 5. The predicted octanol–water partition coefficient (Wildman–Crippen LogP) is 12.6. The molecular formula is C46H56IrNO4-. The minimum atomic E-state index is -0.337. The van der Waals surface area contributed by atoms with Crippen LogP contribution in [0.4, 0.5) is 0 Å². The quantitative estimate of drug-likeness (QED) is 0.103. The van der Waals surface area contributed by atoms with E-state index in [4.69, 9.17) is 14.1 Å². The van der Waals surface area contributed by atoms with Gasteiger partial charge in [-0.05, 0) is 62.2 Å². The van der Waals surface area contributed by atoms with Crippen molar-refractivity contribution in [2.75, 3.05) is 0 Å². The molecule has 0 saturated heterocycles. The molecule has 4 aromatic rings. The van der Waals surface area contributed by atoms with Crippen LogP contribution < -0.4 is 0 Å². The molecule has 0 amide bonds. The third-order valence-electron chi connectivity index (χ3n) is 11.6. The van der Waals surface area contributed by atoms with Crippen molar-refractivity contribution in [2.45, 2.75) is 113 Å². The molecule has 2 atom stereocenters. The maximum Gasteiger partial charge on any atom is 0.219 e. The summed E-state index contributed by atoms with van der Waals surface area (Å²) >= 11 is 0. The second-order valence-corrected chi connectivity index (χ2v) is 15.9. The topological polar surface area (TPSA) is 72.6 Å². The van der Waals surface area contributed by atoms with Crippen LogP contribution in [0.2, 0.25) is 0 Å². The number of fused-ring (bicyclic) bond motifs is 3. The van der Waals surface area contributed by atoms with E-state index in [0.717, 1.165) is 64.6 Å². The maximum atomic E-state index is 12.2. The van der Waals surface area contributed by atoms with Gasteiger partial charge in [-0.3, -0.25) is 9.78 Å². The summed E-state index contributed by atoms with van der Waals surface area (Å²) in [5.41, 5.74) is 6.45. The van der Waals surface area contributed by atoms with Crippen molar-refractivity contribution >= 4 is 33.4 Å². The van der Waals surface area contributed by atoms with Gasteiger partial charge in [0.2, 0.25) is 5.71 Å². The summed E-state index contributed by atoms with van der Waals surface area (Å²) in [6, 6.07) is 16.5. The molecule has 2 aliphatic rings. The standard InChI is InChI=1S/C31H28NO2.C15H28O2.Ir/c1-18-17-33-30-28(18)24(29-19(2)22-11-8-9-13-27(22)34-29)16-26(32-30)21-14-20-10-6-7-12-23(20)25(15-21)31(3,4)5;1-7-14(5,8-2)12(16)11-13(17)15(6,9-3)10-4;/h6-13,15-17,22,27H,1-5H3;11,16H,7-10H2,1-6H3;/q-1;;/b;12-11-;. The van der Waals surface area contributed by atoms with E-state index in [-0.39, 0.29) is 59.9 Å². The summed E-state index contributed by atoms with van der Waals surface area (Å²) in [5.74, 6) is 1.48. The number of pyridine rings is 1. The zero-order valence-corrected chi connectivity index (χ0v) is 35.3. The Hall–Kier alpha value is -3.73. The van der Waals surface area contributed by atoms with Crippen LogP contribution in [-0.2, 0) is 35.1 Å². The normalized spacial score (nSPS) is 17.5. The summed E-state index contributed by atoms with van der Waals surface area (Å²) in [6.45, 7) is 23.1. The third kappa shape index (κ3) is 7.94. The summed E-state index contributed by atoms with van der Waals surface area (Å²) in [5, 5.41) is 13.5. The van der Waals surface area contributed by atoms with E-state index < -0.39 is 0 Å². The SMILES string of the molecule is CC1=C(c2cc(-c3[c-]c4ccccc4c(C(C)(C)C)c3)nc3occ(C)c23)OC2C=CC=CC12.CCC(C)(CC)C(=O)/C=C(\O)C(C)(CC)CC.[Ir]. The summed E-state index contributed by atoms with van der Waals surface area (Å²) in [4.78, 5) is 17.1. The first kappa shape index (κ1) is 41.0. The first-order valence-corrected chi connectivity index (χ1v) is 18.6. The number of benzene rings is 2. The monoisotopic (exact) mass is 879 g/mol. The zero-order valence-electron chi connectivity index (χ0n) is 32.9. The third-order valence-corrected chi connectivity index (χ3v) is 11.6. The van der Waals surface area contributed by atoms with E-state index in [2.05, 4.69) is 101 Å². The van der Waals surface area contributed by atoms with E-state index >= 15 is 0 Å². The predicted molar refractivity (Wildman–Crippen MR) is 212 cm³/mol. The van der Waals surface area contributed by atoms with Crippen molar-refractivity contribution in [3.63, 3.8) is 0 Å². The number of carbonyl (C=O) groups is 1. The first-order chi connectivity index (χ1) is 24.1. The Morgan fingerprint density at radius 1 is 0.923 bits per heavy atom. The summed E-state index contributed by atoms with van der Waals surface area (Å²) in [7, 11) is 0. The fourth-order valence-corrected chi connectivity index (χ4v) is 6.93. The largest absolute Gasteiger partial charge is 0.512 e. The van der Waals surface area contributed by atoms with Gasteiger partial charge in [0, 0.05) is 54.2 Å². The van der Waals surface area contributed by atoms with Crippen LogP contribution in [0.5, 0.6) is 0 Å². The molecule has 52 heavy (non-hydrogen) atoms. The van der Waals surface area contributed by atoms with Crippen molar-refractivity contribution in [2.24, 2.45) is 16.7 Å². The van der Waals surface area contributed by atoms with E-state index in [9.17, 15) is 9.90 Å². The molecule has 2 aromatic heterocycles. The maximum absolute atomic E-state index is 12.2. The molecule has 2 aromatic carbocycles. The minimum Gasteiger partial charge on any atom is -0.512 e. The van der Waals surface area contributed by atoms with Crippen LogP contribution in [0.1, 0.15) is 112 Å². The van der Waals surface area contributed by atoms with E-state index in [1.54, 1.807) is 6.26 Å². The molecule has 0 bridgehead atoms. The number of aliphatic hydroxyl groups is 1. The van der Waals surface area contributed by atoms with Gasteiger partial charge in [-0.15, -0.1) is 29.1 Å². The molecule has 0 fully saturated rings. The van der Waals surface area contributed by atoms with Gasteiger partial charge in [0.05, 0.1) is 11.6 Å². The Kier molecular flexibility index (Phi) is 12.7. The molecule has 2 unspecified atom stereocenters. The first-order valence-electron chi connectivity index (χ1n) is 18.6. The Labute approximate surface area is 324 Å². The average molecular weight is 879 g/mol.